The summed E-state index contributed by atoms with van der Waals surface area (Å²) in [5, 5.41) is 19.7. The summed E-state index contributed by atoms with van der Waals surface area (Å²) in [6.45, 7) is 3.48. The van der Waals surface area contributed by atoms with E-state index in [1.807, 2.05) is 0 Å². The van der Waals surface area contributed by atoms with E-state index < -0.39 is 0 Å². The highest BCUT2D eigenvalue weighted by atomic mass is 16.5. The topological polar surface area (TPSA) is 79.0 Å². The third-order valence-corrected chi connectivity index (χ3v) is 4.31. The van der Waals surface area contributed by atoms with Gasteiger partial charge in [0, 0.05) is 25.1 Å². The minimum atomic E-state index is -0.196. The zero-order valence-electron chi connectivity index (χ0n) is 11.6. The van der Waals surface area contributed by atoms with Crippen LogP contribution in [0.5, 0.6) is 11.5 Å². The van der Waals surface area contributed by atoms with Gasteiger partial charge in [-0.15, -0.1) is 0 Å². The van der Waals surface area contributed by atoms with Crippen molar-refractivity contribution in [3.63, 3.8) is 0 Å². The normalized spacial score (nSPS) is 26.6. The van der Waals surface area contributed by atoms with E-state index in [2.05, 4.69) is 4.90 Å². The number of aromatic hydroxyl groups is 2. The summed E-state index contributed by atoms with van der Waals surface area (Å²) in [7, 11) is 0. The second-order valence-electron chi connectivity index (χ2n) is 5.70. The number of nitrogens with zero attached hydrogens (tertiary/aromatic N) is 1. The molecule has 0 unspecified atom stereocenters. The van der Waals surface area contributed by atoms with Crippen molar-refractivity contribution < 1.29 is 14.9 Å². The maximum absolute atomic E-state index is 10.1. The van der Waals surface area contributed by atoms with E-state index in [4.69, 9.17) is 10.5 Å². The Morgan fingerprint density at radius 3 is 2.70 bits per heavy atom. The fraction of sp³-hybridized carbons (Fsp3) is 0.600. The molecule has 0 spiro atoms. The molecule has 5 nitrogen and oxygen atoms in total. The molecule has 5 heteroatoms. The van der Waals surface area contributed by atoms with E-state index in [0.717, 1.165) is 30.8 Å². The van der Waals surface area contributed by atoms with Gasteiger partial charge in [0.2, 0.25) is 0 Å². The van der Waals surface area contributed by atoms with Crippen LogP contribution in [0.25, 0.3) is 0 Å². The molecule has 1 aromatic rings. The van der Waals surface area contributed by atoms with Crippen molar-refractivity contribution in [1.82, 2.24) is 4.90 Å². The van der Waals surface area contributed by atoms with Crippen LogP contribution in [-0.4, -0.2) is 47.4 Å². The monoisotopic (exact) mass is 278 g/mol. The van der Waals surface area contributed by atoms with E-state index in [0.29, 0.717) is 13.0 Å². The maximum Gasteiger partial charge on any atom is 0.161 e. The largest absolute Gasteiger partial charge is 0.504 e. The number of nitrogens with two attached hydrogens (primary N) is 1. The van der Waals surface area contributed by atoms with Crippen molar-refractivity contribution >= 4 is 0 Å². The lowest BCUT2D eigenvalue weighted by molar-refractivity contribution is -0.0347. The zero-order valence-corrected chi connectivity index (χ0v) is 11.6. The number of phenolic OH excluding ortho intramolecular Hbond substituents is 2. The van der Waals surface area contributed by atoms with Gasteiger partial charge in [0.25, 0.3) is 0 Å². The fourth-order valence-corrected chi connectivity index (χ4v) is 3.28. The lowest BCUT2D eigenvalue weighted by Crippen LogP contribution is -2.38. The van der Waals surface area contributed by atoms with E-state index in [9.17, 15) is 10.2 Å². The number of hydrogen-bond donors (Lipinski definition) is 3. The minimum Gasteiger partial charge on any atom is -0.504 e. The molecular weight excluding hydrogens is 256 g/mol. The van der Waals surface area contributed by atoms with Gasteiger partial charge in [-0.25, -0.2) is 0 Å². The second-order valence-corrected chi connectivity index (χ2v) is 5.70. The Morgan fingerprint density at radius 2 is 2.00 bits per heavy atom. The van der Waals surface area contributed by atoms with Crippen LogP contribution < -0.4 is 5.73 Å². The van der Waals surface area contributed by atoms with Crippen molar-refractivity contribution in [2.75, 3.05) is 26.2 Å². The third kappa shape index (κ3) is 2.49. The molecule has 3 rings (SSSR count). The molecule has 0 saturated carbocycles. The molecule has 0 amide bonds. The molecule has 1 saturated heterocycles. The molecule has 4 N–H and O–H groups in total. The van der Waals surface area contributed by atoms with Gasteiger partial charge < -0.3 is 25.6 Å². The van der Waals surface area contributed by atoms with Crippen LogP contribution in [0.3, 0.4) is 0 Å². The van der Waals surface area contributed by atoms with Gasteiger partial charge in [0.1, 0.15) is 0 Å². The molecular formula is C15H22N2O3. The van der Waals surface area contributed by atoms with Crippen LogP contribution >= 0.6 is 0 Å². The van der Waals surface area contributed by atoms with Crippen LogP contribution in [0, 0.1) is 0 Å². The maximum atomic E-state index is 10.1. The zero-order chi connectivity index (χ0) is 14.1. The van der Waals surface area contributed by atoms with Gasteiger partial charge in [-0.05, 0) is 37.6 Å². The lowest BCUT2D eigenvalue weighted by atomic mass is 9.92. The van der Waals surface area contributed by atoms with Crippen LogP contribution in [0.4, 0.5) is 0 Å². The van der Waals surface area contributed by atoms with Crippen LogP contribution in [0.2, 0.25) is 0 Å². The Balaban J connectivity index is 1.82. The molecule has 2 aliphatic rings. The van der Waals surface area contributed by atoms with Crippen molar-refractivity contribution in [3.8, 4) is 11.5 Å². The molecule has 0 aromatic heterocycles. The quantitative estimate of drug-likeness (QED) is 0.723. The van der Waals surface area contributed by atoms with E-state index >= 15 is 0 Å². The van der Waals surface area contributed by atoms with Gasteiger partial charge in [-0.2, -0.15) is 0 Å². The van der Waals surface area contributed by atoms with Crippen molar-refractivity contribution in [2.24, 2.45) is 5.73 Å². The van der Waals surface area contributed by atoms with Crippen molar-refractivity contribution in [3.05, 3.63) is 23.3 Å². The highest BCUT2D eigenvalue weighted by Crippen LogP contribution is 2.39. The second kappa shape index (κ2) is 5.60. The number of benzene rings is 1. The Morgan fingerprint density at radius 1 is 1.25 bits per heavy atom. The van der Waals surface area contributed by atoms with Gasteiger partial charge in [-0.1, -0.05) is 6.07 Å². The van der Waals surface area contributed by atoms with E-state index in [-0.39, 0.29) is 23.7 Å². The Bertz CT molecular complexity index is 486. The number of phenols is 2. The number of likely N-dealkylation sites (tertiary alicyclic amines) is 1. The van der Waals surface area contributed by atoms with Crippen LogP contribution in [0.1, 0.15) is 30.1 Å². The first-order chi connectivity index (χ1) is 9.69. The fourth-order valence-electron chi connectivity index (χ4n) is 3.28. The smallest absolute Gasteiger partial charge is 0.161 e. The molecule has 20 heavy (non-hydrogen) atoms. The molecule has 2 aliphatic heterocycles. The van der Waals surface area contributed by atoms with E-state index in [1.165, 1.54) is 18.9 Å². The summed E-state index contributed by atoms with van der Waals surface area (Å²) in [5.74, 6) is -0.0861. The average molecular weight is 278 g/mol. The average Bonchev–Trinajstić information content (AvgIpc) is 2.95. The standard InChI is InChI=1S/C15H22N2O3/c16-8-14-11-3-4-13(18)15(19)12(11)7-10(20-14)9-17-5-1-2-6-17/h3-4,10,14,18-19H,1-2,5-9,16H2/t10-,14-/m0/s1. The van der Waals surface area contributed by atoms with Crippen LogP contribution in [0.15, 0.2) is 12.1 Å². The Kier molecular flexibility index (Phi) is 3.83. The first kappa shape index (κ1) is 13.7. The number of rotatable bonds is 3. The highest BCUT2D eigenvalue weighted by Gasteiger charge is 2.31. The SMILES string of the molecule is NC[C@@H]1O[C@H](CN2CCCC2)Cc2c1ccc(O)c2O. The highest BCUT2D eigenvalue weighted by molar-refractivity contribution is 5.51. The molecule has 110 valence electrons. The van der Waals surface area contributed by atoms with E-state index in [1.54, 1.807) is 6.07 Å². The lowest BCUT2D eigenvalue weighted by Gasteiger charge is -2.34. The number of ether oxygens (including phenoxy) is 1. The first-order valence-corrected chi connectivity index (χ1v) is 7.30. The molecule has 1 aromatic carbocycles. The van der Waals surface area contributed by atoms with Gasteiger partial charge >= 0.3 is 0 Å². The van der Waals surface area contributed by atoms with Crippen LogP contribution in [-0.2, 0) is 11.2 Å². The molecule has 0 bridgehead atoms. The summed E-state index contributed by atoms with van der Waals surface area (Å²) in [6, 6.07) is 3.30. The summed E-state index contributed by atoms with van der Waals surface area (Å²) in [6.07, 6.45) is 2.95. The minimum absolute atomic E-state index is 0.0179. The number of hydrogen-bond acceptors (Lipinski definition) is 5. The van der Waals surface area contributed by atoms with Gasteiger partial charge in [-0.3, -0.25) is 0 Å². The van der Waals surface area contributed by atoms with Crippen molar-refractivity contribution in [1.29, 1.82) is 0 Å². The summed E-state index contributed by atoms with van der Waals surface area (Å²) in [5.41, 5.74) is 7.48. The number of fused-ring (bicyclic) bond motifs is 1. The van der Waals surface area contributed by atoms with Gasteiger partial charge in [0.15, 0.2) is 11.5 Å². The first-order valence-electron chi connectivity index (χ1n) is 7.30. The van der Waals surface area contributed by atoms with Gasteiger partial charge in [0.05, 0.1) is 12.2 Å². The molecule has 2 atom stereocenters. The Labute approximate surface area is 119 Å². The molecule has 1 fully saturated rings. The molecule has 2 heterocycles. The summed E-state index contributed by atoms with van der Waals surface area (Å²) < 4.78 is 6.06. The Hall–Kier alpha value is -1.30. The van der Waals surface area contributed by atoms with Crippen molar-refractivity contribution in [2.45, 2.75) is 31.5 Å². The predicted molar refractivity (Wildman–Crippen MR) is 75.8 cm³/mol. The predicted octanol–water partition coefficient (Wildman–Crippen LogP) is 1.13. The molecule has 0 radical (unpaired) electrons. The molecule has 0 aliphatic carbocycles. The summed E-state index contributed by atoms with van der Waals surface area (Å²) >= 11 is 0. The third-order valence-electron chi connectivity index (χ3n) is 4.31. The summed E-state index contributed by atoms with van der Waals surface area (Å²) in [4.78, 5) is 2.39.